The van der Waals surface area contributed by atoms with Crippen molar-refractivity contribution >= 4 is 5.95 Å². The molecule has 0 N–H and O–H groups in total. The van der Waals surface area contributed by atoms with Crippen LogP contribution in [0.2, 0.25) is 0 Å². The average molecular weight is 361 g/mol. The minimum atomic E-state index is 0.539. The van der Waals surface area contributed by atoms with Gasteiger partial charge in [0.25, 0.3) is 0 Å². The van der Waals surface area contributed by atoms with E-state index >= 15 is 0 Å². The summed E-state index contributed by atoms with van der Waals surface area (Å²) in [5.74, 6) is 1.76. The van der Waals surface area contributed by atoms with Gasteiger partial charge in [0, 0.05) is 31.0 Å². The zero-order valence-electron chi connectivity index (χ0n) is 17.7. The second-order valence-electron chi connectivity index (χ2n) is 8.84. The molecule has 4 nitrogen and oxygen atoms in total. The SMILES string of the molecule is CC(C)CCCCCCCc1cnc(N2C(C)CCC2CN(C)C)nc1. The van der Waals surface area contributed by atoms with E-state index in [1.54, 1.807) is 0 Å². The summed E-state index contributed by atoms with van der Waals surface area (Å²) in [7, 11) is 4.29. The summed E-state index contributed by atoms with van der Waals surface area (Å²) in [6.07, 6.45) is 15.8. The van der Waals surface area contributed by atoms with E-state index in [1.807, 2.05) is 0 Å². The second kappa shape index (κ2) is 10.9. The highest BCUT2D eigenvalue weighted by molar-refractivity contribution is 5.35. The Kier molecular flexibility index (Phi) is 8.83. The van der Waals surface area contributed by atoms with Gasteiger partial charge in [-0.15, -0.1) is 0 Å². The third-order valence-electron chi connectivity index (χ3n) is 5.53. The Hall–Kier alpha value is -1.16. The van der Waals surface area contributed by atoms with Crippen LogP contribution in [0.3, 0.4) is 0 Å². The van der Waals surface area contributed by atoms with E-state index in [2.05, 4.69) is 57.1 Å². The van der Waals surface area contributed by atoms with Crippen molar-refractivity contribution in [3.05, 3.63) is 18.0 Å². The lowest BCUT2D eigenvalue weighted by atomic mass is 10.0. The van der Waals surface area contributed by atoms with E-state index in [-0.39, 0.29) is 0 Å². The van der Waals surface area contributed by atoms with Crippen LogP contribution in [-0.2, 0) is 6.42 Å². The van der Waals surface area contributed by atoms with E-state index in [9.17, 15) is 0 Å². The molecule has 1 aliphatic rings. The third-order valence-corrected chi connectivity index (χ3v) is 5.53. The first-order chi connectivity index (χ1) is 12.5. The molecule has 1 aliphatic heterocycles. The maximum Gasteiger partial charge on any atom is 0.225 e. The number of hydrogen-bond acceptors (Lipinski definition) is 4. The average Bonchev–Trinajstić information content (AvgIpc) is 2.94. The standard InChI is InChI=1S/C22H40N4/c1-18(2)11-9-7-6-8-10-12-20-15-23-22(24-16-20)26-19(3)13-14-21(26)17-25(4)5/h15-16,18-19,21H,6-14,17H2,1-5H3. The quantitative estimate of drug-likeness (QED) is 0.524. The van der Waals surface area contributed by atoms with Gasteiger partial charge in [-0.1, -0.05) is 46.0 Å². The van der Waals surface area contributed by atoms with Crippen LogP contribution in [0.4, 0.5) is 5.95 Å². The molecule has 148 valence electrons. The van der Waals surface area contributed by atoms with Crippen LogP contribution in [0.5, 0.6) is 0 Å². The monoisotopic (exact) mass is 360 g/mol. The molecule has 2 unspecified atom stereocenters. The van der Waals surface area contributed by atoms with Crippen molar-refractivity contribution in [2.45, 2.75) is 90.6 Å². The Balaban J connectivity index is 1.75. The minimum absolute atomic E-state index is 0.539. The van der Waals surface area contributed by atoms with Crippen LogP contribution < -0.4 is 4.90 Å². The third kappa shape index (κ3) is 6.86. The minimum Gasteiger partial charge on any atom is -0.334 e. The maximum atomic E-state index is 4.71. The summed E-state index contributed by atoms with van der Waals surface area (Å²) in [4.78, 5) is 14.1. The van der Waals surface area contributed by atoms with E-state index in [0.717, 1.165) is 24.8 Å². The molecule has 0 radical (unpaired) electrons. The van der Waals surface area contributed by atoms with Gasteiger partial charge in [-0.3, -0.25) is 0 Å². The highest BCUT2D eigenvalue weighted by Gasteiger charge is 2.32. The number of unbranched alkanes of at least 4 members (excludes halogenated alkanes) is 4. The van der Waals surface area contributed by atoms with Gasteiger partial charge in [-0.05, 0) is 58.2 Å². The zero-order valence-corrected chi connectivity index (χ0v) is 17.7. The molecule has 0 amide bonds. The fourth-order valence-electron chi connectivity index (χ4n) is 4.06. The Morgan fingerprint density at radius 2 is 1.69 bits per heavy atom. The summed E-state index contributed by atoms with van der Waals surface area (Å²) in [6, 6.07) is 1.08. The van der Waals surface area contributed by atoms with Crippen molar-refractivity contribution < 1.29 is 0 Å². The van der Waals surface area contributed by atoms with Gasteiger partial charge in [0.2, 0.25) is 5.95 Å². The number of hydrogen-bond donors (Lipinski definition) is 0. The molecule has 0 saturated carbocycles. The van der Waals surface area contributed by atoms with Crippen molar-refractivity contribution in [2.24, 2.45) is 5.92 Å². The van der Waals surface area contributed by atoms with Gasteiger partial charge in [0.15, 0.2) is 0 Å². The smallest absolute Gasteiger partial charge is 0.225 e. The van der Waals surface area contributed by atoms with E-state index in [0.29, 0.717) is 12.1 Å². The molecular weight excluding hydrogens is 320 g/mol. The molecule has 1 fully saturated rings. The second-order valence-corrected chi connectivity index (χ2v) is 8.84. The van der Waals surface area contributed by atoms with Gasteiger partial charge in [-0.2, -0.15) is 0 Å². The number of aromatic nitrogens is 2. The molecule has 0 spiro atoms. The summed E-state index contributed by atoms with van der Waals surface area (Å²) >= 11 is 0. The lowest BCUT2D eigenvalue weighted by molar-refractivity contribution is 0.369. The van der Waals surface area contributed by atoms with Crippen LogP contribution in [0.15, 0.2) is 12.4 Å². The Morgan fingerprint density at radius 3 is 2.35 bits per heavy atom. The van der Waals surface area contributed by atoms with Crippen LogP contribution >= 0.6 is 0 Å². The highest BCUT2D eigenvalue weighted by Crippen LogP contribution is 2.28. The lowest BCUT2D eigenvalue weighted by Crippen LogP contribution is -2.41. The molecule has 2 rings (SSSR count). The molecule has 1 aromatic rings. The molecule has 26 heavy (non-hydrogen) atoms. The number of rotatable bonds is 11. The first-order valence-electron chi connectivity index (χ1n) is 10.7. The largest absolute Gasteiger partial charge is 0.334 e. The van der Waals surface area contributed by atoms with Crippen LogP contribution in [0.25, 0.3) is 0 Å². The number of anilines is 1. The van der Waals surface area contributed by atoms with E-state index < -0.39 is 0 Å². The predicted molar refractivity (Wildman–Crippen MR) is 112 cm³/mol. The van der Waals surface area contributed by atoms with Crippen LogP contribution in [0.1, 0.15) is 77.7 Å². The highest BCUT2D eigenvalue weighted by atomic mass is 15.3. The Bertz CT molecular complexity index is 497. The van der Waals surface area contributed by atoms with Crippen molar-refractivity contribution in [3.63, 3.8) is 0 Å². The Morgan fingerprint density at radius 1 is 1.04 bits per heavy atom. The lowest BCUT2D eigenvalue weighted by Gasteiger charge is -2.30. The zero-order chi connectivity index (χ0) is 18.9. The van der Waals surface area contributed by atoms with Gasteiger partial charge in [-0.25, -0.2) is 9.97 Å². The van der Waals surface area contributed by atoms with E-state index in [4.69, 9.17) is 9.97 Å². The molecule has 1 saturated heterocycles. The van der Waals surface area contributed by atoms with Crippen molar-refractivity contribution in [3.8, 4) is 0 Å². The van der Waals surface area contributed by atoms with Crippen molar-refractivity contribution in [1.29, 1.82) is 0 Å². The predicted octanol–water partition coefficient (Wildman–Crippen LogP) is 4.93. The summed E-state index contributed by atoms with van der Waals surface area (Å²) in [5, 5.41) is 0. The fourth-order valence-corrected chi connectivity index (χ4v) is 4.06. The summed E-state index contributed by atoms with van der Waals surface area (Å²) in [6.45, 7) is 8.00. The van der Waals surface area contributed by atoms with Crippen LogP contribution in [-0.4, -0.2) is 47.6 Å². The fraction of sp³-hybridized carbons (Fsp3) is 0.818. The first kappa shape index (κ1) is 21.1. The molecular formula is C22H40N4. The molecule has 4 heteroatoms. The number of likely N-dealkylation sites (N-methyl/N-ethyl adjacent to an activating group) is 1. The van der Waals surface area contributed by atoms with Gasteiger partial charge in [0.05, 0.1) is 0 Å². The van der Waals surface area contributed by atoms with Gasteiger partial charge >= 0.3 is 0 Å². The molecule has 0 aromatic carbocycles. The molecule has 2 heterocycles. The molecule has 2 atom stereocenters. The van der Waals surface area contributed by atoms with E-state index in [1.165, 1.54) is 56.9 Å². The molecule has 0 aliphatic carbocycles. The van der Waals surface area contributed by atoms with Gasteiger partial charge in [0.1, 0.15) is 0 Å². The van der Waals surface area contributed by atoms with Crippen molar-refractivity contribution in [2.75, 3.05) is 25.5 Å². The maximum absolute atomic E-state index is 4.71. The molecule has 0 bridgehead atoms. The van der Waals surface area contributed by atoms with Crippen molar-refractivity contribution in [1.82, 2.24) is 14.9 Å². The molecule has 1 aromatic heterocycles. The number of nitrogens with zero attached hydrogens (tertiary/aromatic N) is 4. The number of aryl methyl sites for hydroxylation is 1. The normalized spacial score (nSPS) is 20.5. The topological polar surface area (TPSA) is 32.3 Å². The summed E-state index contributed by atoms with van der Waals surface area (Å²) in [5.41, 5.74) is 1.28. The first-order valence-corrected chi connectivity index (χ1v) is 10.7. The Labute approximate surface area is 161 Å². The van der Waals surface area contributed by atoms with Gasteiger partial charge < -0.3 is 9.80 Å². The summed E-state index contributed by atoms with van der Waals surface area (Å²) < 4.78 is 0. The van der Waals surface area contributed by atoms with Crippen LogP contribution in [0, 0.1) is 5.92 Å².